The van der Waals surface area contributed by atoms with Crippen LogP contribution in [-0.2, 0) is 4.84 Å². The van der Waals surface area contributed by atoms with Gasteiger partial charge >= 0.3 is 0 Å². The molecule has 1 saturated carbocycles. The van der Waals surface area contributed by atoms with E-state index in [1.165, 1.54) is 19.3 Å². The van der Waals surface area contributed by atoms with Gasteiger partial charge in [-0.15, -0.1) is 0 Å². The topological polar surface area (TPSA) is 21.3 Å². The molecule has 1 aliphatic carbocycles. The third-order valence-corrected chi connectivity index (χ3v) is 2.80. The molecule has 2 heteroatoms. The van der Waals surface area contributed by atoms with Crippen LogP contribution < -0.4 is 5.48 Å². The summed E-state index contributed by atoms with van der Waals surface area (Å²) in [6.45, 7) is 4.60. The fourth-order valence-electron chi connectivity index (χ4n) is 2.05. The molecule has 1 N–H and O–H groups in total. The molecule has 2 nitrogen and oxygen atoms in total. The Morgan fingerprint density at radius 3 is 2.18 bits per heavy atom. The van der Waals surface area contributed by atoms with Gasteiger partial charge in [-0.2, -0.15) is 5.48 Å². The Bertz CT molecular complexity index is 106. The van der Waals surface area contributed by atoms with Crippen LogP contribution in [-0.4, -0.2) is 13.2 Å². The molecule has 0 aromatic rings. The minimum absolute atomic E-state index is 0.564. The highest BCUT2D eigenvalue weighted by atomic mass is 16.6. The molecule has 0 heterocycles. The Labute approximate surface area is 69.3 Å². The number of hydroxylamine groups is 1. The maximum Gasteiger partial charge on any atom is 0.0572 e. The number of hydrogen-bond acceptors (Lipinski definition) is 2. The van der Waals surface area contributed by atoms with Gasteiger partial charge in [-0.25, -0.2) is 0 Å². The third kappa shape index (κ3) is 2.17. The van der Waals surface area contributed by atoms with Crippen molar-refractivity contribution in [2.45, 2.75) is 39.2 Å². The Balaban J connectivity index is 2.41. The van der Waals surface area contributed by atoms with Gasteiger partial charge in [-0.3, -0.25) is 0 Å². The predicted octanol–water partition coefficient (Wildman–Crippen LogP) is 1.96. The fraction of sp³-hybridized carbons (Fsp3) is 1.00. The molecule has 1 fully saturated rings. The second-order valence-electron chi connectivity index (χ2n) is 3.73. The first-order valence-corrected chi connectivity index (χ1v) is 4.54. The Hall–Kier alpha value is -0.0800. The maximum absolute atomic E-state index is 4.97. The van der Waals surface area contributed by atoms with Crippen molar-refractivity contribution in [1.29, 1.82) is 0 Å². The zero-order chi connectivity index (χ0) is 8.27. The second kappa shape index (κ2) is 4.07. The molecule has 0 saturated heterocycles. The highest BCUT2D eigenvalue weighted by Crippen LogP contribution is 2.28. The molecule has 2 unspecified atom stereocenters. The van der Waals surface area contributed by atoms with E-state index in [1.54, 1.807) is 7.11 Å². The molecule has 0 radical (unpaired) electrons. The molecule has 0 bridgehead atoms. The monoisotopic (exact) mass is 157 g/mol. The summed E-state index contributed by atoms with van der Waals surface area (Å²) < 4.78 is 0. The largest absolute Gasteiger partial charge is 0.305 e. The summed E-state index contributed by atoms with van der Waals surface area (Å²) in [6, 6.07) is 0.564. The molecular weight excluding hydrogens is 138 g/mol. The van der Waals surface area contributed by atoms with Crippen LogP contribution in [0.5, 0.6) is 0 Å². The lowest BCUT2D eigenvalue weighted by Gasteiger charge is -2.34. The third-order valence-electron chi connectivity index (χ3n) is 2.80. The van der Waals surface area contributed by atoms with E-state index in [0.29, 0.717) is 6.04 Å². The van der Waals surface area contributed by atoms with Crippen LogP contribution >= 0.6 is 0 Å². The average Bonchev–Trinajstić information content (AvgIpc) is 1.97. The summed E-state index contributed by atoms with van der Waals surface area (Å²) in [6.07, 6.45) is 4.06. The van der Waals surface area contributed by atoms with Crippen molar-refractivity contribution >= 4 is 0 Å². The van der Waals surface area contributed by atoms with Gasteiger partial charge in [0, 0.05) is 6.04 Å². The first kappa shape index (κ1) is 9.01. The summed E-state index contributed by atoms with van der Waals surface area (Å²) >= 11 is 0. The summed E-state index contributed by atoms with van der Waals surface area (Å²) in [5.41, 5.74) is 3.08. The number of nitrogens with one attached hydrogen (secondary N) is 1. The van der Waals surface area contributed by atoms with Crippen LogP contribution in [0.2, 0.25) is 0 Å². The van der Waals surface area contributed by atoms with E-state index in [-0.39, 0.29) is 0 Å². The second-order valence-corrected chi connectivity index (χ2v) is 3.73. The van der Waals surface area contributed by atoms with E-state index in [2.05, 4.69) is 19.3 Å². The standard InChI is InChI=1S/C9H19NO/c1-7-5-4-6-8(2)9(7)10-11-3/h7-10H,4-6H2,1-3H3. The van der Waals surface area contributed by atoms with Crippen molar-refractivity contribution in [3.8, 4) is 0 Å². The van der Waals surface area contributed by atoms with Crippen LogP contribution in [0.1, 0.15) is 33.1 Å². The van der Waals surface area contributed by atoms with E-state index in [1.807, 2.05) is 0 Å². The van der Waals surface area contributed by atoms with Gasteiger partial charge in [0.2, 0.25) is 0 Å². The van der Waals surface area contributed by atoms with Crippen molar-refractivity contribution in [2.24, 2.45) is 11.8 Å². The maximum atomic E-state index is 4.97. The Morgan fingerprint density at radius 2 is 1.73 bits per heavy atom. The van der Waals surface area contributed by atoms with Crippen LogP contribution in [0.3, 0.4) is 0 Å². The Morgan fingerprint density at radius 1 is 1.18 bits per heavy atom. The number of hydrogen-bond donors (Lipinski definition) is 1. The van der Waals surface area contributed by atoms with Gasteiger partial charge in [-0.1, -0.05) is 20.3 Å². The van der Waals surface area contributed by atoms with E-state index < -0.39 is 0 Å². The van der Waals surface area contributed by atoms with Gasteiger partial charge in [0.15, 0.2) is 0 Å². The summed E-state index contributed by atoms with van der Waals surface area (Å²) in [7, 11) is 1.70. The van der Waals surface area contributed by atoms with Gasteiger partial charge < -0.3 is 4.84 Å². The summed E-state index contributed by atoms with van der Waals surface area (Å²) in [5.74, 6) is 1.53. The average molecular weight is 157 g/mol. The summed E-state index contributed by atoms with van der Waals surface area (Å²) in [4.78, 5) is 4.97. The molecule has 0 aromatic carbocycles. The fourth-order valence-corrected chi connectivity index (χ4v) is 2.05. The molecule has 1 rings (SSSR count). The lowest BCUT2D eigenvalue weighted by molar-refractivity contribution is 0.0108. The van der Waals surface area contributed by atoms with E-state index in [4.69, 9.17) is 4.84 Å². The highest BCUT2D eigenvalue weighted by Gasteiger charge is 2.27. The smallest absolute Gasteiger partial charge is 0.0572 e. The first-order chi connectivity index (χ1) is 5.25. The van der Waals surface area contributed by atoms with E-state index >= 15 is 0 Å². The summed E-state index contributed by atoms with van der Waals surface area (Å²) in [5, 5.41) is 0. The van der Waals surface area contributed by atoms with Crippen molar-refractivity contribution < 1.29 is 4.84 Å². The predicted molar refractivity (Wildman–Crippen MR) is 46.1 cm³/mol. The van der Waals surface area contributed by atoms with Gasteiger partial charge in [0.1, 0.15) is 0 Å². The SMILES string of the molecule is CONC1C(C)CCCC1C. The molecule has 11 heavy (non-hydrogen) atoms. The van der Waals surface area contributed by atoms with Crippen LogP contribution in [0.15, 0.2) is 0 Å². The number of rotatable bonds is 2. The Kier molecular flexibility index (Phi) is 3.34. The zero-order valence-corrected chi connectivity index (χ0v) is 7.76. The molecule has 66 valence electrons. The van der Waals surface area contributed by atoms with Gasteiger partial charge in [-0.05, 0) is 24.7 Å². The molecule has 0 amide bonds. The van der Waals surface area contributed by atoms with E-state index in [0.717, 1.165) is 11.8 Å². The quantitative estimate of drug-likeness (QED) is 0.619. The van der Waals surface area contributed by atoms with Gasteiger partial charge in [0.25, 0.3) is 0 Å². The van der Waals surface area contributed by atoms with Crippen LogP contribution in [0.4, 0.5) is 0 Å². The van der Waals surface area contributed by atoms with Crippen LogP contribution in [0.25, 0.3) is 0 Å². The molecule has 2 atom stereocenters. The van der Waals surface area contributed by atoms with E-state index in [9.17, 15) is 0 Å². The lowest BCUT2D eigenvalue weighted by atomic mass is 9.79. The zero-order valence-electron chi connectivity index (χ0n) is 7.76. The molecule has 0 aliphatic heterocycles. The first-order valence-electron chi connectivity index (χ1n) is 4.54. The van der Waals surface area contributed by atoms with Gasteiger partial charge in [0.05, 0.1) is 7.11 Å². The van der Waals surface area contributed by atoms with Crippen molar-refractivity contribution in [3.05, 3.63) is 0 Å². The molecular formula is C9H19NO. The molecule has 0 spiro atoms. The molecule has 1 aliphatic rings. The van der Waals surface area contributed by atoms with Crippen molar-refractivity contribution in [2.75, 3.05) is 7.11 Å². The van der Waals surface area contributed by atoms with Crippen molar-refractivity contribution in [1.82, 2.24) is 5.48 Å². The van der Waals surface area contributed by atoms with Crippen LogP contribution in [0, 0.1) is 11.8 Å². The molecule has 0 aromatic heterocycles. The minimum Gasteiger partial charge on any atom is -0.305 e. The lowest BCUT2D eigenvalue weighted by Crippen LogP contribution is -2.42. The van der Waals surface area contributed by atoms with Crippen molar-refractivity contribution in [3.63, 3.8) is 0 Å². The normalized spacial score (nSPS) is 39.0. The highest BCUT2D eigenvalue weighted by molar-refractivity contribution is 4.80. The minimum atomic E-state index is 0.564.